The summed E-state index contributed by atoms with van der Waals surface area (Å²) in [6.45, 7) is 1.88. The van der Waals surface area contributed by atoms with E-state index in [0.717, 1.165) is 40.7 Å². The van der Waals surface area contributed by atoms with Crippen LogP contribution >= 0.6 is 0 Å². The Hall–Kier alpha value is -3.05. The summed E-state index contributed by atoms with van der Waals surface area (Å²) >= 11 is 0. The van der Waals surface area contributed by atoms with Gasteiger partial charge in [-0.3, -0.25) is 0 Å². The fourth-order valence-corrected chi connectivity index (χ4v) is 4.48. The lowest BCUT2D eigenvalue weighted by atomic mass is 9.97. The smallest absolute Gasteiger partial charge is 0.352 e. The van der Waals surface area contributed by atoms with Crippen molar-refractivity contribution in [2.75, 3.05) is 13.7 Å². The van der Waals surface area contributed by atoms with E-state index in [9.17, 15) is 9.90 Å². The van der Waals surface area contributed by atoms with Crippen LogP contribution in [0.4, 0.5) is 0 Å². The highest BCUT2D eigenvalue weighted by Gasteiger charge is 2.22. The van der Waals surface area contributed by atoms with Crippen molar-refractivity contribution in [1.29, 1.82) is 0 Å². The molecule has 1 aliphatic carbocycles. The number of aromatic carboxylic acids is 1. The van der Waals surface area contributed by atoms with Crippen molar-refractivity contribution in [3.8, 4) is 5.75 Å². The zero-order valence-corrected chi connectivity index (χ0v) is 18.1. The van der Waals surface area contributed by atoms with Crippen LogP contribution in [-0.4, -0.2) is 29.3 Å². The highest BCUT2D eigenvalue weighted by atomic mass is 16.5. The maximum Gasteiger partial charge on any atom is 0.352 e. The van der Waals surface area contributed by atoms with Crippen molar-refractivity contribution in [2.45, 2.75) is 45.2 Å². The molecule has 5 nitrogen and oxygen atoms in total. The third kappa shape index (κ3) is 4.83. The second-order valence-electron chi connectivity index (χ2n) is 8.12. The van der Waals surface area contributed by atoms with Crippen molar-refractivity contribution in [1.82, 2.24) is 9.88 Å². The van der Waals surface area contributed by atoms with E-state index in [-0.39, 0.29) is 0 Å². The molecule has 2 aromatic carbocycles. The molecule has 0 bridgehead atoms. The Labute approximate surface area is 183 Å². The molecule has 1 heterocycles. The Morgan fingerprint density at radius 3 is 2.71 bits per heavy atom. The Balaban J connectivity index is 1.65. The number of allylic oxidation sites excluding steroid dienone is 1. The van der Waals surface area contributed by atoms with E-state index in [1.165, 1.54) is 31.3 Å². The van der Waals surface area contributed by atoms with Crippen LogP contribution in [0, 0.1) is 0 Å². The summed E-state index contributed by atoms with van der Waals surface area (Å²) in [6, 6.07) is 15.8. The molecule has 31 heavy (non-hydrogen) atoms. The molecule has 4 rings (SSSR count). The molecule has 5 heteroatoms. The number of aromatic nitrogens is 1. The van der Waals surface area contributed by atoms with Gasteiger partial charge in [0.25, 0.3) is 0 Å². The van der Waals surface area contributed by atoms with Crippen LogP contribution in [0.15, 0.2) is 60.2 Å². The number of rotatable bonds is 9. The zero-order valence-electron chi connectivity index (χ0n) is 18.1. The number of carboxylic acids is 1. The lowest BCUT2D eigenvalue weighted by Crippen LogP contribution is -2.19. The average Bonchev–Trinajstić information content (AvgIpc) is 3.10. The summed E-state index contributed by atoms with van der Waals surface area (Å²) in [6.07, 6.45) is 8.35. The van der Waals surface area contributed by atoms with Gasteiger partial charge in [0, 0.05) is 30.1 Å². The van der Waals surface area contributed by atoms with Crippen molar-refractivity contribution < 1.29 is 14.6 Å². The summed E-state index contributed by atoms with van der Waals surface area (Å²) in [5.41, 5.74) is 4.64. The standard InChI is InChI=1S/C26H30N2O3/c1-31-21-12-13-22-23(17-27-15-14-19-8-4-2-5-9-19)25(26(29)30)28(24(22)16-21)18-20-10-6-3-7-11-20/h3,6-8,10-13,16,27H,2,4-5,9,14-15,17-18H2,1H3,(H,29,30). The number of fused-ring (bicyclic) bond motifs is 1. The van der Waals surface area contributed by atoms with Crippen LogP contribution in [0.3, 0.4) is 0 Å². The largest absolute Gasteiger partial charge is 0.497 e. The highest BCUT2D eigenvalue weighted by Crippen LogP contribution is 2.31. The number of carboxylic acid groups (broad SMARTS) is 1. The highest BCUT2D eigenvalue weighted by molar-refractivity contribution is 5.98. The Morgan fingerprint density at radius 1 is 1.16 bits per heavy atom. The zero-order chi connectivity index (χ0) is 21.6. The maximum absolute atomic E-state index is 12.3. The monoisotopic (exact) mass is 418 g/mol. The van der Waals surface area contributed by atoms with E-state index in [1.54, 1.807) is 7.11 Å². The van der Waals surface area contributed by atoms with Crippen molar-refractivity contribution in [2.24, 2.45) is 0 Å². The van der Waals surface area contributed by atoms with E-state index >= 15 is 0 Å². The SMILES string of the molecule is COc1ccc2c(CNCCC3=CCCCC3)c(C(=O)O)n(Cc3ccccc3)c2c1. The molecule has 0 amide bonds. The van der Waals surface area contributed by atoms with Crippen molar-refractivity contribution in [3.05, 3.63) is 77.0 Å². The van der Waals surface area contributed by atoms with Gasteiger partial charge in [0.05, 0.1) is 12.6 Å². The van der Waals surface area contributed by atoms with Gasteiger partial charge in [-0.2, -0.15) is 0 Å². The normalized spacial score (nSPS) is 13.9. The quantitative estimate of drug-likeness (QED) is 0.362. The second kappa shape index (κ2) is 9.84. The fourth-order valence-electron chi connectivity index (χ4n) is 4.48. The van der Waals surface area contributed by atoms with Gasteiger partial charge in [-0.15, -0.1) is 0 Å². The van der Waals surface area contributed by atoms with E-state index in [2.05, 4.69) is 11.4 Å². The molecule has 0 atom stereocenters. The molecule has 0 radical (unpaired) electrons. The minimum absolute atomic E-state index is 0.344. The van der Waals surface area contributed by atoms with Gasteiger partial charge in [0.1, 0.15) is 11.4 Å². The molecule has 0 aliphatic heterocycles. The third-order valence-electron chi connectivity index (χ3n) is 6.07. The maximum atomic E-state index is 12.3. The van der Waals surface area contributed by atoms with Crippen molar-refractivity contribution in [3.63, 3.8) is 0 Å². The van der Waals surface area contributed by atoms with E-state index in [0.29, 0.717) is 18.8 Å². The molecule has 0 spiro atoms. The number of benzene rings is 2. The van der Waals surface area contributed by atoms with Crippen LogP contribution in [0.1, 0.15) is 53.7 Å². The Bertz CT molecular complexity index is 1080. The van der Waals surface area contributed by atoms with Gasteiger partial charge < -0.3 is 19.7 Å². The Morgan fingerprint density at radius 2 is 2.00 bits per heavy atom. The second-order valence-corrected chi connectivity index (χ2v) is 8.12. The van der Waals surface area contributed by atoms with Crippen LogP contribution in [0.2, 0.25) is 0 Å². The van der Waals surface area contributed by atoms with E-state index in [4.69, 9.17) is 4.74 Å². The van der Waals surface area contributed by atoms with Gasteiger partial charge in [-0.25, -0.2) is 4.79 Å². The number of methoxy groups -OCH3 is 1. The molecular weight excluding hydrogens is 388 g/mol. The average molecular weight is 419 g/mol. The predicted molar refractivity (Wildman–Crippen MR) is 124 cm³/mol. The summed E-state index contributed by atoms with van der Waals surface area (Å²) in [4.78, 5) is 12.3. The summed E-state index contributed by atoms with van der Waals surface area (Å²) in [5.74, 6) is -0.183. The van der Waals surface area contributed by atoms with Crippen molar-refractivity contribution >= 4 is 16.9 Å². The molecular formula is C26H30N2O3. The third-order valence-corrected chi connectivity index (χ3v) is 6.07. The van der Waals surface area contributed by atoms with Gasteiger partial charge in [-0.05, 0) is 56.3 Å². The van der Waals surface area contributed by atoms with Gasteiger partial charge in [-0.1, -0.05) is 42.0 Å². The summed E-state index contributed by atoms with van der Waals surface area (Å²) < 4.78 is 7.32. The first-order valence-corrected chi connectivity index (χ1v) is 11.0. The number of carbonyl (C=O) groups is 1. The number of hydrogen-bond donors (Lipinski definition) is 2. The molecule has 1 aliphatic rings. The van der Waals surface area contributed by atoms with Crippen LogP contribution in [0.5, 0.6) is 5.75 Å². The van der Waals surface area contributed by atoms with E-state index < -0.39 is 5.97 Å². The minimum atomic E-state index is -0.905. The number of ether oxygens (including phenoxy) is 1. The molecule has 1 aromatic heterocycles. The first-order chi connectivity index (χ1) is 15.2. The van der Waals surface area contributed by atoms with Crippen LogP contribution in [0.25, 0.3) is 10.9 Å². The molecule has 3 aromatic rings. The number of nitrogens with one attached hydrogen (secondary N) is 1. The summed E-state index contributed by atoms with van der Waals surface area (Å²) in [5, 5.41) is 14.6. The molecule has 0 unspecified atom stereocenters. The molecule has 0 saturated heterocycles. The number of nitrogens with zero attached hydrogens (tertiary/aromatic N) is 1. The van der Waals surface area contributed by atoms with Gasteiger partial charge in [0.15, 0.2) is 0 Å². The molecule has 0 saturated carbocycles. The first kappa shape index (κ1) is 21.2. The lowest BCUT2D eigenvalue weighted by molar-refractivity contribution is 0.0684. The minimum Gasteiger partial charge on any atom is -0.497 e. The Kier molecular flexibility index (Phi) is 6.73. The van der Waals surface area contributed by atoms with Gasteiger partial charge >= 0.3 is 5.97 Å². The van der Waals surface area contributed by atoms with Crippen LogP contribution in [-0.2, 0) is 13.1 Å². The fraction of sp³-hybridized carbons (Fsp3) is 0.346. The number of hydrogen-bond acceptors (Lipinski definition) is 3. The molecule has 2 N–H and O–H groups in total. The van der Waals surface area contributed by atoms with Gasteiger partial charge in [0.2, 0.25) is 0 Å². The lowest BCUT2D eigenvalue weighted by Gasteiger charge is -2.13. The first-order valence-electron chi connectivity index (χ1n) is 11.0. The van der Waals surface area contributed by atoms with E-state index in [1.807, 2.05) is 53.1 Å². The molecule has 162 valence electrons. The predicted octanol–water partition coefficient (Wildman–Crippen LogP) is 5.38. The topological polar surface area (TPSA) is 63.5 Å². The molecule has 0 fully saturated rings. The van der Waals surface area contributed by atoms with Crippen LogP contribution < -0.4 is 10.1 Å². The summed E-state index contributed by atoms with van der Waals surface area (Å²) in [7, 11) is 1.63.